The lowest BCUT2D eigenvalue weighted by Gasteiger charge is -2.14. The van der Waals surface area contributed by atoms with Gasteiger partial charge in [-0.05, 0) is 59.6 Å². The summed E-state index contributed by atoms with van der Waals surface area (Å²) in [6.45, 7) is 17.8. The fraction of sp³-hybridized carbons (Fsp3) is 0.212. The number of rotatable bonds is 8. The van der Waals surface area contributed by atoms with E-state index in [2.05, 4.69) is 64.8 Å². The summed E-state index contributed by atoms with van der Waals surface area (Å²) in [6.07, 6.45) is 10.4. The Morgan fingerprint density at radius 3 is 1.58 bits per heavy atom. The molecule has 0 aliphatic rings. The quantitative estimate of drug-likeness (QED) is 0.308. The highest BCUT2D eigenvalue weighted by atomic mass is 14.1. The van der Waals surface area contributed by atoms with Crippen LogP contribution in [0.4, 0.5) is 0 Å². The summed E-state index contributed by atoms with van der Waals surface area (Å²) in [7, 11) is 0. The van der Waals surface area contributed by atoms with Crippen molar-refractivity contribution in [3.8, 4) is 0 Å². The Bertz CT molecular complexity index is 931. The first kappa shape index (κ1) is 27.7. The van der Waals surface area contributed by atoms with Gasteiger partial charge >= 0.3 is 0 Å². The Labute approximate surface area is 202 Å². The van der Waals surface area contributed by atoms with Crippen molar-refractivity contribution in [2.24, 2.45) is 0 Å². The Morgan fingerprint density at radius 2 is 1.18 bits per heavy atom. The summed E-state index contributed by atoms with van der Waals surface area (Å²) in [5, 5.41) is 0. The molecule has 0 saturated heterocycles. The number of unbranched alkanes of at least 4 members (excludes halogenated alkanes) is 1. The smallest absolute Gasteiger partial charge is 0.0190 e. The van der Waals surface area contributed by atoms with Crippen LogP contribution in [0, 0.1) is 0 Å². The van der Waals surface area contributed by atoms with Crippen LogP contribution in [-0.4, -0.2) is 0 Å². The maximum absolute atomic E-state index is 3.91. The minimum absolute atomic E-state index is 1.09. The molecule has 0 atom stereocenters. The summed E-state index contributed by atoms with van der Waals surface area (Å²) in [5.74, 6) is 0. The molecule has 0 spiro atoms. The molecule has 0 fully saturated rings. The zero-order valence-electron chi connectivity index (χ0n) is 20.8. The fourth-order valence-corrected chi connectivity index (χ4v) is 3.32. The van der Waals surface area contributed by atoms with Crippen molar-refractivity contribution in [1.82, 2.24) is 0 Å². The molecule has 0 unspecified atom stereocenters. The Morgan fingerprint density at radius 1 is 0.697 bits per heavy atom. The summed E-state index contributed by atoms with van der Waals surface area (Å²) in [4.78, 5) is 0. The predicted molar refractivity (Wildman–Crippen MR) is 151 cm³/mol. The Balaban J connectivity index is 0.000000281. The monoisotopic (exact) mass is 436 g/mol. The third-order valence-corrected chi connectivity index (χ3v) is 5.36. The molecular formula is C33H40. The lowest BCUT2D eigenvalue weighted by molar-refractivity contribution is 0.821. The van der Waals surface area contributed by atoms with E-state index in [0.29, 0.717) is 0 Å². The molecule has 0 saturated carbocycles. The van der Waals surface area contributed by atoms with Crippen molar-refractivity contribution in [2.75, 3.05) is 0 Å². The van der Waals surface area contributed by atoms with Gasteiger partial charge in [-0.3, -0.25) is 0 Å². The number of hydrogen-bond acceptors (Lipinski definition) is 0. The lowest BCUT2D eigenvalue weighted by Crippen LogP contribution is -1.94. The van der Waals surface area contributed by atoms with Crippen molar-refractivity contribution >= 4 is 17.7 Å². The molecular weight excluding hydrogens is 396 g/mol. The molecule has 0 aromatic heterocycles. The van der Waals surface area contributed by atoms with Crippen molar-refractivity contribution in [1.29, 1.82) is 0 Å². The van der Waals surface area contributed by atoms with E-state index < -0.39 is 0 Å². The van der Waals surface area contributed by atoms with Crippen LogP contribution in [0.2, 0.25) is 0 Å². The first-order valence-electron chi connectivity index (χ1n) is 11.9. The highest BCUT2D eigenvalue weighted by Crippen LogP contribution is 2.28. The van der Waals surface area contributed by atoms with Crippen LogP contribution in [0.3, 0.4) is 0 Å². The molecule has 0 amide bonds. The molecule has 172 valence electrons. The van der Waals surface area contributed by atoms with Gasteiger partial charge in [0.25, 0.3) is 0 Å². The van der Waals surface area contributed by atoms with Crippen LogP contribution >= 0.6 is 0 Å². The number of benzene rings is 3. The van der Waals surface area contributed by atoms with E-state index in [1.165, 1.54) is 46.2 Å². The fourth-order valence-electron chi connectivity index (χ4n) is 3.32. The highest BCUT2D eigenvalue weighted by molar-refractivity contribution is 5.72. The Hall–Kier alpha value is -3.38. The summed E-state index contributed by atoms with van der Waals surface area (Å²) >= 11 is 0. The van der Waals surface area contributed by atoms with Gasteiger partial charge in [0.1, 0.15) is 0 Å². The maximum Gasteiger partial charge on any atom is -0.0190 e. The highest BCUT2D eigenvalue weighted by Gasteiger charge is 2.07. The third-order valence-electron chi connectivity index (χ3n) is 5.36. The van der Waals surface area contributed by atoms with Gasteiger partial charge in [-0.15, -0.1) is 0 Å². The number of hydrogen-bond donors (Lipinski definition) is 0. The van der Waals surface area contributed by atoms with Crippen molar-refractivity contribution in [3.05, 3.63) is 139 Å². The lowest BCUT2D eigenvalue weighted by atomic mass is 9.91. The van der Waals surface area contributed by atoms with Gasteiger partial charge in [-0.1, -0.05) is 143 Å². The second-order valence-electron chi connectivity index (χ2n) is 7.71. The molecule has 33 heavy (non-hydrogen) atoms. The molecule has 3 aromatic rings. The first-order chi connectivity index (χ1) is 16.1. The zero-order valence-corrected chi connectivity index (χ0v) is 20.8. The second kappa shape index (κ2) is 17.2. The van der Waals surface area contributed by atoms with Crippen LogP contribution in [0.5, 0.6) is 0 Å². The average Bonchev–Trinajstić information content (AvgIpc) is 2.90. The third kappa shape index (κ3) is 10.7. The van der Waals surface area contributed by atoms with E-state index in [1.54, 1.807) is 0 Å². The van der Waals surface area contributed by atoms with E-state index in [0.717, 1.165) is 12.8 Å². The van der Waals surface area contributed by atoms with Gasteiger partial charge in [0.05, 0.1) is 0 Å². The molecule has 0 heterocycles. The molecule has 0 bridgehead atoms. The molecule has 0 aliphatic carbocycles. The normalized spacial score (nSPS) is 10.4. The van der Waals surface area contributed by atoms with E-state index in [4.69, 9.17) is 0 Å². The van der Waals surface area contributed by atoms with Gasteiger partial charge in [0, 0.05) is 0 Å². The minimum atomic E-state index is 1.09. The molecule has 0 N–H and O–H groups in total. The molecule has 0 radical (unpaired) electrons. The Kier molecular flexibility index (Phi) is 14.4. The molecule has 3 rings (SSSR count). The average molecular weight is 437 g/mol. The van der Waals surface area contributed by atoms with E-state index in [1.807, 2.05) is 78.9 Å². The first-order valence-corrected chi connectivity index (χ1v) is 11.9. The van der Waals surface area contributed by atoms with Crippen LogP contribution in [0.25, 0.3) is 17.7 Å². The van der Waals surface area contributed by atoms with E-state index >= 15 is 0 Å². The molecule has 3 aromatic carbocycles. The van der Waals surface area contributed by atoms with Gasteiger partial charge in [-0.25, -0.2) is 0 Å². The molecule has 0 nitrogen and oxygen atoms in total. The van der Waals surface area contributed by atoms with Crippen LogP contribution in [0.1, 0.15) is 62.3 Å². The SMILES string of the molecule is C=CC(C)=C(CCCC)c1ccccc1CC.C=Cc1ccccc1.C=Cc1ccccc1. The number of aryl methyl sites for hydroxylation is 1. The van der Waals surface area contributed by atoms with Crippen molar-refractivity contribution < 1.29 is 0 Å². The van der Waals surface area contributed by atoms with Crippen molar-refractivity contribution in [3.63, 3.8) is 0 Å². The molecule has 0 aliphatic heterocycles. The van der Waals surface area contributed by atoms with Crippen LogP contribution in [0.15, 0.2) is 116 Å². The molecule has 0 heteroatoms. The predicted octanol–water partition coefficient (Wildman–Crippen LogP) is 10.1. The topological polar surface area (TPSA) is 0 Å². The van der Waals surface area contributed by atoms with E-state index in [-0.39, 0.29) is 0 Å². The summed E-state index contributed by atoms with van der Waals surface area (Å²) < 4.78 is 0. The van der Waals surface area contributed by atoms with Crippen molar-refractivity contribution in [2.45, 2.75) is 46.5 Å². The van der Waals surface area contributed by atoms with Crippen LogP contribution < -0.4 is 0 Å². The van der Waals surface area contributed by atoms with Crippen LogP contribution in [-0.2, 0) is 6.42 Å². The number of allylic oxidation sites excluding steroid dienone is 3. The largest absolute Gasteiger partial charge is 0.0988 e. The standard InChI is InChI=1S/C17H24.2C8H8/c1-5-8-12-16(14(4)6-2)17-13-10-9-11-15(17)7-3;2*1-2-8-6-4-3-5-7-8/h6,9-11,13H,2,5,7-8,12H2,1,3-4H3;2*2-7H,1H2. The second-order valence-corrected chi connectivity index (χ2v) is 7.71. The van der Waals surface area contributed by atoms with Gasteiger partial charge in [0.15, 0.2) is 0 Å². The van der Waals surface area contributed by atoms with Gasteiger partial charge in [0.2, 0.25) is 0 Å². The van der Waals surface area contributed by atoms with Gasteiger partial charge in [-0.2, -0.15) is 0 Å². The minimum Gasteiger partial charge on any atom is -0.0988 e. The summed E-state index contributed by atoms with van der Waals surface area (Å²) in [6, 6.07) is 28.8. The zero-order chi connectivity index (χ0) is 24.3. The maximum atomic E-state index is 3.91. The van der Waals surface area contributed by atoms with E-state index in [9.17, 15) is 0 Å². The van der Waals surface area contributed by atoms with Gasteiger partial charge < -0.3 is 0 Å². The summed E-state index contributed by atoms with van der Waals surface area (Å²) in [5.41, 5.74) is 8.00.